The van der Waals surface area contributed by atoms with Crippen molar-refractivity contribution in [2.24, 2.45) is 0 Å². The molecule has 0 radical (unpaired) electrons. The normalized spacial score (nSPS) is 12.6. The molecule has 6 nitrogen and oxygen atoms in total. The quantitative estimate of drug-likeness (QED) is 0.861. The second kappa shape index (κ2) is 6.88. The number of carboxylic acids is 1. The molecule has 2 N–H and O–H groups in total. The van der Waals surface area contributed by atoms with Crippen LogP contribution in [0.1, 0.15) is 32.8 Å². The van der Waals surface area contributed by atoms with Crippen molar-refractivity contribution in [3.05, 3.63) is 30.1 Å². The van der Waals surface area contributed by atoms with Gasteiger partial charge in [0, 0.05) is 18.4 Å². The highest BCUT2D eigenvalue weighted by atomic mass is 16.6. The lowest BCUT2D eigenvalue weighted by Crippen LogP contribution is -2.41. The van der Waals surface area contributed by atoms with Crippen LogP contribution in [0.3, 0.4) is 0 Å². The van der Waals surface area contributed by atoms with Crippen molar-refractivity contribution in [3.63, 3.8) is 0 Å². The maximum Gasteiger partial charge on any atom is 0.407 e. The molecule has 0 aliphatic heterocycles. The van der Waals surface area contributed by atoms with E-state index in [9.17, 15) is 9.59 Å². The molecule has 0 saturated carbocycles. The molecule has 110 valence electrons. The smallest absolute Gasteiger partial charge is 0.407 e. The number of carboxylic acid groups (broad SMARTS) is 1. The zero-order valence-electron chi connectivity index (χ0n) is 11.9. The summed E-state index contributed by atoms with van der Waals surface area (Å²) >= 11 is 0. The van der Waals surface area contributed by atoms with Crippen molar-refractivity contribution in [1.29, 1.82) is 0 Å². The Morgan fingerprint density at radius 3 is 2.65 bits per heavy atom. The lowest BCUT2D eigenvalue weighted by atomic mass is 10.1. The zero-order chi connectivity index (χ0) is 15.2. The summed E-state index contributed by atoms with van der Waals surface area (Å²) in [5.74, 6) is -0.977. The van der Waals surface area contributed by atoms with E-state index in [0.717, 1.165) is 5.56 Å². The Kier molecular flexibility index (Phi) is 5.49. The van der Waals surface area contributed by atoms with Crippen molar-refractivity contribution in [2.75, 3.05) is 0 Å². The van der Waals surface area contributed by atoms with Crippen LogP contribution in [0.4, 0.5) is 4.79 Å². The van der Waals surface area contributed by atoms with Crippen molar-refractivity contribution >= 4 is 12.1 Å². The minimum Gasteiger partial charge on any atom is -0.481 e. The van der Waals surface area contributed by atoms with Crippen LogP contribution in [0.5, 0.6) is 0 Å². The lowest BCUT2D eigenvalue weighted by Gasteiger charge is -2.23. The summed E-state index contributed by atoms with van der Waals surface area (Å²) in [6.07, 6.45) is 2.88. The number of alkyl carbamates (subject to hydrolysis) is 1. The number of amides is 1. The summed E-state index contributed by atoms with van der Waals surface area (Å²) in [5.41, 5.74) is 0.237. The molecule has 1 aromatic rings. The van der Waals surface area contributed by atoms with Gasteiger partial charge in [0.1, 0.15) is 5.60 Å². The van der Waals surface area contributed by atoms with Gasteiger partial charge in [-0.1, -0.05) is 6.07 Å². The molecule has 1 unspecified atom stereocenters. The van der Waals surface area contributed by atoms with Crippen LogP contribution in [-0.4, -0.2) is 33.8 Å². The topological polar surface area (TPSA) is 88.5 Å². The van der Waals surface area contributed by atoms with Gasteiger partial charge in [0.25, 0.3) is 0 Å². The number of hydrogen-bond acceptors (Lipinski definition) is 4. The van der Waals surface area contributed by atoms with Gasteiger partial charge in [0.15, 0.2) is 0 Å². The summed E-state index contributed by atoms with van der Waals surface area (Å²) in [6, 6.07) is 3.06. The highest BCUT2D eigenvalue weighted by Crippen LogP contribution is 2.09. The molecule has 1 amide bonds. The van der Waals surface area contributed by atoms with Crippen LogP contribution in [0, 0.1) is 0 Å². The number of carbonyl (C=O) groups excluding carboxylic acids is 1. The van der Waals surface area contributed by atoms with Gasteiger partial charge in [-0.3, -0.25) is 9.78 Å². The maximum atomic E-state index is 11.7. The first kappa shape index (κ1) is 15.9. The van der Waals surface area contributed by atoms with Crippen LogP contribution in [0.15, 0.2) is 24.5 Å². The van der Waals surface area contributed by atoms with Crippen LogP contribution in [0.2, 0.25) is 0 Å². The minimum atomic E-state index is -0.977. The van der Waals surface area contributed by atoms with Crippen LogP contribution >= 0.6 is 0 Å². The van der Waals surface area contributed by atoms with E-state index in [2.05, 4.69) is 10.3 Å². The molecule has 0 aliphatic rings. The zero-order valence-corrected chi connectivity index (χ0v) is 11.9. The fourth-order valence-electron chi connectivity index (χ4n) is 1.66. The van der Waals surface area contributed by atoms with Gasteiger partial charge < -0.3 is 15.2 Å². The van der Waals surface area contributed by atoms with E-state index in [1.54, 1.807) is 39.2 Å². The summed E-state index contributed by atoms with van der Waals surface area (Å²) in [7, 11) is 0. The highest BCUT2D eigenvalue weighted by Gasteiger charge is 2.21. The molecule has 0 aliphatic carbocycles. The number of hydrogen-bond donors (Lipinski definition) is 2. The molecule has 1 heterocycles. The van der Waals surface area contributed by atoms with Crippen molar-refractivity contribution < 1.29 is 19.4 Å². The molecule has 0 spiro atoms. The molecule has 1 rings (SSSR count). The molecule has 1 atom stereocenters. The molecular formula is C14H20N2O4. The fourth-order valence-corrected chi connectivity index (χ4v) is 1.66. The number of nitrogens with zero attached hydrogens (tertiary/aromatic N) is 1. The van der Waals surface area contributed by atoms with Gasteiger partial charge in [0.2, 0.25) is 0 Å². The number of ether oxygens (including phenoxy) is 1. The van der Waals surface area contributed by atoms with Gasteiger partial charge in [0.05, 0.1) is 6.42 Å². The largest absolute Gasteiger partial charge is 0.481 e. The first-order chi connectivity index (χ1) is 9.26. The van der Waals surface area contributed by atoms with E-state index < -0.39 is 23.7 Å². The molecule has 0 saturated heterocycles. The Morgan fingerprint density at radius 1 is 1.45 bits per heavy atom. The second-order valence-corrected chi connectivity index (χ2v) is 5.51. The summed E-state index contributed by atoms with van der Waals surface area (Å²) in [5, 5.41) is 11.5. The molecule has 6 heteroatoms. The van der Waals surface area contributed by atoms with Crippen LogP contribution in [0.25, 0.3) is 0 Å². The number of aromatic nitrogens is 1. The predicted molar refractivity (Wildman–Crippen MR) is 73.4 cm³/mol. The predicted octanol–water partition coefficient (Wildman–Crippen LogP) is 1.99. The second-order valence-electron chi connectivity index (χ2n) is 5.51. The molecule has 0 fully saturated rings. The third-order valence-electron chi connectivity index (χ3n) is 2.35. The van der Waals surface area contributed by atoms with Gasteiger partial charge in [-0.2, -0.15) is 0 Å². The van der Waals surface area contributed by atoms with E-state index in [-0.39, 0.29) is 6.42 Å². The summed E-state index contributed by atoms with van der Waals surface area (Å²) in [6.45, 7) is 5.25. The Bertz CT molecular complexity index is 454. The lowest BCUT2D eigenvalue weighted by molar-refractivity contribution is -0.137. The van der Waals surface area contributed by atoms with E-state index >= 15 is 0 Å². The van der Waals surface area contributed by atoms with E-state index in [4.69, 9.17) is 9.84 Å². The van der Waals surface area contributed by atoms with Gasteiger partial charge in [-0.05, 0) is 38.8 Å². The van der Waals surface area contributed by atoms with E-state index in [0.29, 0.717) is 6.42 Å². The van der Waals surface area contributed by atoms with Crippen LogP contribution in [-0.2, 0) is 16.0 Å². The number of nitrogens with one attached hydrogen (secondary N) is 1. The third kappa shape index (κ3) is 6.72. The van der Waals surface area contributed by atoms with Gasteiger partial charge in [-0.25, -0.2) is 4.79 Å². The fraction of sp³-hybridized carbons (Fsp3) is 0.500. The highest BCUT2D eigenvalue weighted by molar-refractivity contribution is 5.71. The maximum absolute atomic E-state index is 11.7. The average molecular weight is 280 g/mol. The SMILES string of the molecule is CC(C)(C)OC(=O)NC(CC(=O)O)Cc1cccnc1. The number of aliphatic carboxylic acids is 1. The summed E-state index contributed by atoms with van der Waals surface area (Å²) < 4.78 is 5.13. The van der Waals surface area contributed by atoms with Crippen LogP contribution < -0.4 is 5.32 Å². The van der Waals surface area contributed by atoms with Crippen molar-refractivity contribution in [2.45, 2.75) is 45.3 Å². The number of pyridine rings is 1. The van der Waals surface area contributed by atoms with E-state index in [1.165, 1.54) is 0 Å². The molecular weight excluding hydrogens is 260 g/mol. The summed E-state index contributed by atoms with van der Waals surface area (Å²) in [4.78, 5) is 26.5. The molecule has 1 aromatic heterocycles. The minimum absolute atomic E-state index is 0.172. The molecule has 0 aromatic carbocycles. The Morgan fingerprint density at radius 2 is 2.15 bits per heavy atom. The number of carbonyl (C=O) groups is 2. The molecule has 20 heavy (non-hydrogen) atoms. The first-order valence-electron chi connectivity index (χ1n) is 6.36. The molecule has 0 bridgehead atoms. The average Bonchev–Trinajstić information content (AvgIpc) is 2.26. The van der Waals surface area contributed by atoms with Gasteiger partial charge in [-0.15, -0.1) is 0 Å². The third-order valence-corrected chi connectivity index (χ3v) is 2.35. The Hall–Kier alpha value is -2.11. The van der Waals surface area contributed by atoms with Gasteiger partial charge >= 0.3 is 12.1 Å². The van der Waals surface area contributed by atoms with E-state index in [1.807, 2.05) is 6.07 Å². The first-order valence-corrected chi connectivity index (χ1v) is 6.36. The number of rotatable bonds is 5. The standard InChI is InChI=1S/C14H20N2O4/c1-14(2,3)20-13(19)16-11(8-12(17)18)7-10-5-4-6-15-9-10/h4-6,9,11H,7-8H2,1-3H3,(H,16,19)(H,17,18). The van der Waals surface area contributed by atoms with Crippen molar-refractivity contribution in [1.82, 2.24) is 10.3 Å². The Labute approximate surface area is 118 Å². The monoisotopic (exact) mass is 280 g/mol. The van der Waals surface area contributed by atoms with Crippen molar-refractivity contribution in [3.8, 4) is 0 Å². The Balaban J connectivity index is 2.65.